The molecule has 158 valence electrons. The molecule has 1 atom stereocenters. The third-order valence-electron chi connectivity index (χ3n) is 6.45. The number of aromatic amines is 1. The number of nitrogens with one attached hydrogen (secondary N) is 1. The predicted octanol–water partition coefficient (Wildman–Crippen LogP) is 2.12. The van der Waals surface area contributed by atoms with E-state index in [4.69, 9.17) is 4.52 Å². The average molecular weight is 409 g/mol. The Kier molecular flexibility index (Phi) is 5.04. The molecule has 1 saturated heterocycles. The Hall–Kier alpha value is -2.71. The molecule has 1 unspecified atom stereocenters. The summed E-state index contributed by atoms with van der Waals surface area (Å²) in [4.78, 5) is 27.5. The van der Waals surface area contributed by atoms with Crippen LogP contribution in [0.1, 0.15) is 35.9 Å². The summed E-state index contributed by atoms with van der Waals surface area (Å²) in [6.45, 7) is 9.43. The zero-order valence-electron chi connectivity index (χ0n) is 17.6. The number of para-hydroxylation sites is 1. The summed E-state index contributed by atoms with van der Waals surface area (Å²) in [5.74, 6) is 1.56. The zero-order valence-corrected chi connectivity index (χ0v) is 17.6. The largest absolute Gasteiger partial charge is 0.358 e. The van der Waals surface area contributed by atoms with Gasteiger partial charge in [-0.25, -0.2) is 0 Å². The van der Waals surface area contributed by atoms with Gasteiger partial charge in [0.15, 0.2) is 5.82 Å². The first-order chi connectivity index (χ1) is 14.6. The summed E-state index contributed by atoms with van der Waals surface area (Å²) in [6.07, 6.45) is 0.893. The lowest BCUT2D eigenvalue weighted by Crippen LogP contribution is -2.51. The molecule has 30 heavy (non-hydrogen) atoms. The van der Waals surface area contributed by atoms with E-state index in [1.54, 1.807) is 0 Å². The minimum Gasteiger partial charge on any atom is -0.358 e. The van der Waals surface area contributed by atoms with Crippen molar-refractivity contribution in [2.24, 2.45) is 0 Å². The summed E-state index contributed by atoms with van der Waals surface area (Å²) in [5.41, 5.74) is 3.72. The van der Waals surface area contributed by atoms with Crippen molar-refractivity contribution in [1.82, 2.24) is 29.8 Å². The van der Waals surface area contributed by atoms with E-state index in [1.165, 1.54) is 22.2 Å². The number of carbonyl (C=O) groups excluding carboxylic acids is 1. The van der Waals surface area contributed by atoms with Crippen LogP contribution in [0.5, 0.6) is 0 Å². The molecule has 5 rings (SSSR count). The number of piperazine rings is 1. The SMILES string of the molecule is Cc1noc(C(C)N2CCN(CC(=O)N3CCc4[nH]c5ccccc5c4C3)CC2)n1. The van der Waals surface area contributed by atoms with Gasteiger partial charge in [-0.3, -0.25) is 14.6 Å². The summed E-state index contributed by atoms with van der Waals surface area (Å²) in [6, 6.07) is 8.46. The first kappa shape index (κ1) is 19.3. The molecule has 2 aliphatic heterocycles. The molecule has 8 nitrogen and oxygen atoms in total. The smallest absolute Gasteiger partial charge is 0.243 e. The number of aromatic nitrogens is 3. The molecule has 1 amide bonds. The Balaban J connectivity index is 1.17. The molecule has 0 bridgehead atoms. The van der Waals surface area contributed by atoms with Gasteiger partial charge in [-0.05, 0) is 19.9 Å². The standard InChI is InChI=1S/C22H28N6O2/c1-15(22-23-16(2)25-30-22)27-11-9-26(10-12-27)14-21(29)28-8-7-20-18(13-28)17-5-3-4-6-19(17)24-20/h3-6,15,24H,7-14H2,1-2H3. The van der Waals surface area contributed by atoms with Gasteiger partial charge in [-0.2, -0.15) is 4.98 Å². The minimum absolute atomic E-state index is 0.103. The number of hydrogen-bond acceptors (Lipinski definition) is 6. The maximum atomic E-state index is 13.0. The van der Waals surface area contributed by atoms with Crippen molar-refractivity contribution in [3.63, 3.8) is 0 Å². The van der Waals surface area contributed by atoms with Crippen molar-refractivity contribution in [3.8, 4) is 0 Å². The van der Waals surface area contributed by atoms with Crippen LogP contribution in [-0.4, -0.2) is 75.0 Å². The van der Waals surface area contributed by atoms with Crippen LogP contribution in [-0.2, 0) is 17.8 Å². The number of H-pyrrole nitrogens is 1. The molecular formula is C22H28N6O2. The third-order valence-corrected chi connectivity index (χ3v) is 6.45. The first-order valence-electron chi connectivity index (χ1n) is 10.7. The molecular weight excluding hydrogens is 380 g/mol. The summed E-state index contributed by atoms with van der Waals surface area (Å²) in [7, 11) is 0. The van der Waals surface area contributed by atoms with Crippen molar-refractivity contribution in [2.75, 3.05) is 39.3 Å². The molecule has 0 saturated carbocycles. The fourth-order valence-corrected chi connectivity index (χ4v) is 4.62. The van der Waals surface area contributed by atoms with Crippen LogP contribution < -0.4 is 0 Å². The second-order valence-electron chi connectivity index (χ2n) is 8.36. The maximum Gasteiger partial charge on any atom is 0.243 e. The van der Waals surface area contributed by atoms with E-state index >= 15 is 0 Å². The maximum absolute atomic E-state index is 13.0. The number of amides is 1. The molecule has 2 aliphatic rings. The topological polar surface area (TPSA) is 81.5 Å². The number of fused-ring (bicyclic) bond motifs is 3. The van der Waals surface area contributed by atoms with E-state index < -0.39 is 0 Å². The number of rotatable bonds is 4. The molecule has 3 aromatic rings. The Morgan fingerprint density at radius 3 is 2.77 bits per heavy atom. The molecule has 0 aliphatic carbocycles. The number of hydrogen-bond donors (Lipinski definition) is 1. The fraction of sp³-hybridized carbons (Fsp3) is 0.500. The van der Waals surface area contributed by atoms with E-state index in [1.807, 2.05) is 17.9 Å². The first-order valence-corrected chi connectivity index (χ1v) is 10.7. The van der Waals surface area contributed by atoms with E-state index in [0.29, 0.717) is 24.8 Å². The second-order valence-corrected chi connectivity index (χ2v) is 8.36. The fourth-order valence-electron chi connectivity index (χ4n) is 4.62. The van der Waals surface area contributed by atoms with Crippen LogP contribution >= 0.6 is 0 Å². The number of carbonyl (C=O) groups is 1. The monoisotopic (exact) mass is 408 g/mol. The highest BCUT2D eigenvalue weighted by Crippen LogP contribution is 2.27. The summed E-state index contributed by atoms with van der Waals surface area (Å²) < 4.78 is 5.32. The summed E-state index contributed by atoms with van der Waals surface area (Å²) >= 11 is 0. The van der Waals surface area contributed by atoms with Gasteiger partial charge in [0.05, 0.1) is 12.6 Å². The van der Waals surface area contributed by atoms with E-state index in [2.05, 4.69) is 50.0 Å². The van der Waals surface area contributed by atoms with Gasteiger partial charge in [-0.15, -0.1) is 0 Å². The van der Waals surface area contributed by atoms with Crippen molar-refractivity contribution in [1.29, 1.82) is 0 Å². The number of aryl methyl sites for hydroxylation is 1. The average Bonchev–Trinajstić information content (AvgIpc) is 3.36. The Bertz CT molecular complexity index is 1050. The lowest BCUT2D eigenvalue weighted by Gasteiger charge is -2.37. The van der Waals surface area contributed by atoms with Crippen LogP contribution in [0.4, 0.5) is 0 Å². The second kappa shape index (κ2) is 7.85. The van der Waals surface area contributed by atoms with E-state index in [0.717, 1.165) is 39.1 Å². The van der Waals surface area contributed by atoms with Gasteiger partial charge in [0.2, 0.25) is 11.8 Å². The molecule has 8 heteroatoms. The molecule has 1 aromatic carbocycles. The molecule has 4 heterocycles. The van der Waals surface area contributed by atoms with Gasteiger partial charge in [0, 0.05) is 67.8 Å². The zero-order chi connectivity index (χ0) is 20.7. The highest BCUT2D eigenvalue weighted by Gasteiger charge is 2.29. The number of benzene rings is 1. The van der Waals surface area contributed by atoms with Gasteiger partial charge < -0.3 is 14.4 Å². The van der Waals surface area contributed by atoms with Gasteiger partial charge in [0.1, 0.15) is 0 Å². The summed E-state index contributed by atoms with van der Waals surface area (Å²) in [5, 5.41) is 5.13. The highest BCUT2D eigenvalue weighted by molar-refractivity contribution is 5.86. The van der Waals surface area contributed by atoms with Gasteiger partial charge >= 0.3 is 0 Å². The predicted molar refractivity (Wildman–Crippen MR) is 113 cm³/mol. The van der Waals surface area contributed by atoms with Crippen molar-refractivity contribution < 1.29 is 9.32 Å². The van der Waals surface area contributed by atoms with E-state index in [-0.39, 0.29) is 11.9 Å². The van der Waals surface area contributed by atoms with Crippen molar-refractivity contribution in [2.45, 2.75) is 32.9 Å². The molecule has 1 fully saturated rings. The quantitative estimate of drug-likeness (QED) is 0.712. The normalized spacial score (nSPS) is 19.2. The third kappa shape index (κ3) is 3.61. The lowest BCUT2D eigenvalue weighted by molar-refractivity contribution is -0.133. The van der Waals surface area contributed by atoms with Crippen LogP contribution in [0, 0.1) is 6.92 Å². The van der Waals surface area contributed by atoms with Crippen molar-refractivity contribution in [3.05, 3.63) is 47.2 Å². The Morgan fingerprint density at radius 1 is 1.20 bits per heavy atom. The number of nitrogens with zero attached hydrogens (tertiary/aromatic N) is 5. The van der Waals surface area contributed by atoms with Gasteiger partial charge in [0.25, 0.3) is 0 Å². The van der Waals surface area contributed by atoms with Crippen LogP contribution in [0.3, 0.4) is 0 Å². The Morgan fingerprint density at radius 2 is 2.00 bits per heavy atom. The molecule has 1 N–H and O–H groups in total. The lowest BCUT2D eigenvalue weighted by atomic mass is 10.0. The van der Waals surface area contributed by atoms with Crippen LogP contribution in [0.25, 0.3) is 10.9 Å². The van der Waals surface area contributed by atoms with Crippen LogP contribution in [0.2, 0.25) is 0 Å². The molecule has 0 spiro atoms. The van der Waals surface area contributed by atoms with Crippen LogP contribution in [0.15, 0.2) is 28.8 Å². The molecule has 0 radical (unpaired) electrons. The van der Waals surface area contributed by atoms with Gasteiger partial charge in [-0.1, -0.05) is 23.4 Å². The highest BCUT2D eigenvalue weighted by atomic mass is 16.5. The Labute approximate surface area is 175 Å². The van der Waals surface area contributed by atoms with E-state index in [9.17, 15) is 4.79 Å². The minimum atomic E-state index is 0.103. The molecule has 2 aromatic heterocycles. The van der Waals surface area contributed by atoms with Crippen molar-refractivity contribution >= 4 is 16.8 Å².